The van der Waals surface area contributed by atoms with Crippen molar-refractivity contribution in [2.45, 2.75) is 46.6 Å². The van der Waals surface area contributed by atoms with Gasteiger partial charge in [0.15, 0.2) is 5.96 Å². The Kier molecular flexibility index (Phi) is 7.30. The summed E-state index contributed by atoms with van der Waals surface area (Å²) in [5, 5.41) is 10.1. The van der Waals surface area contributed by atoms with Gasteiger partial charge in [-0.1, -0.05) is 20.8 Å². The van der Waals surface area contributed by atoms with E-state index in [4.69, 9.17) is 0 Å². The molecule has 130 valence electrons. The molecule has 0 aliphatic carbocycles. The first-order valence-electron chi connectivity index (χ1n) is 8.81. The van der Waals surface area contributed by atoms with Crippen LogP contribution in [0.15, 0.2) is 10.4 Å². The van der Waals surface area contributed by atoms with Crippen molar-refractivity contribution >= 4 is 17.3 Å². The van der Waals surface area contributed by atoms with Crippen molar-refractivity contribution in [2.24, 2.45) is 10.9 Å². The second-order valence-corrected chi connectivity index (χ2v) is 7.39. The number of aromatic nitrogens is 1. The maximum Gasteiger partial charge on any atom is 0.191 e. The molecular formula is C17H31N5S. The van der Waals surface area contributed by atoms with E-state index in [0.29, 0.717) is 12.5 Å². The molecule has 0 radical (unpaired) electrons. The molecule has 6 heteroatoms. The Hall–Kier alpha value is -1.14. The number of nitrogens with zero attached hydrogens (tertiary/aromatic N) is 3. The second kappa shape index (κ2) is 9.23. The normalized spacial score (nSPS) is 19.5. The second-order valence-electron chi connectivity index (χ2n) is 6.44. The summed E-state index contributed by atoms with van der Waals surface area (Å²) in [4.78, 5) is 11.8. The quantitative estimate of drug-likeness (QED) is 0.593. The summed E-state index contributed by atoms with van der Waals surface area (Å²) < 4.78 is 0. The van der Waals surface area contributed by atoms with E-state index in [2.05, 4.69) is 58.6 Å². The largest absolute Gasteiger partial charge is 0.357 e. The minimum atomic E-state index is 0.485. The molecule has 23 heavy (non-hydrogen) atoms. The third-order valence-electron chi connectivity index (χ3n) is 4.25. The van der Waals surface area contributed by atoms with E-state index in [9.17, 15) is 0 Å². The molecule has 0 aromatic carbocycles. The lowest BCUT2D eigenvalue weighted by atomic mass is 10.1. The number of hydrogen-bond donors (Lipinski definition) is 2. The van der Waals surface area contributed by atoms with E-state index in [1.54, 1.807) is 11.3 Å². The molecule has 1 saturated heterocycles. The van der Waals surface area contributed by atoms with E-state index in [0.717, 1.165) is 36.5 Å². The van der Waals surface area contributed by atoms with Gasteiger partial charge in [-0.05, 0) is 38.3 Å². The molecule has 2 heterocycles. The Bertz CT molecular complexity index is 497. The predicted octanol–water partition coefficient (Wildman–Crippen LogP) is 2.66. The molecule has 1 unspecified atom stereocenters. The summed E-state index contributed by atoms with van der Waals surface area (Å²) in [6.45, 7) is 14.8. The fourth-order valence-corrected chi connectivity index (χ4v) is 3.64. The maximum absolute atomic E-state index is 4.69. The van der Waals surface area contributed by atoms with Crippen molar-refractivity contribution in [3.8, 4) is 0 Å². The molecule has 1 aromatic heterocycles. The number of aliphatic imine (C=N–C) groups is 1. The molecule has 0 bridgehead atoms. The number of guanidine groups is 1. The topological polar surface area (TPSA) is 52.6 Å². The van der Waals surface area contributed by atoms with Crippen molar-refractivity contribution < 1.29 is 0 Å². The highest BCUT2D eigenvalue weighted by Crippen LogP contribution is 2.18. The fraction of sp³-hybridized carbons (Fsp3) is 0.765. The molecule has 0 amide bonds. The van der Waals surface area contributed by atoms with E-state index >= 15 is 0 Å². The van der Waals surface area contributed by atoms with Gasteiger partial charge in [0.25, 0.3) is 0 Å². The number of thiazole rings is 1. The summed E-state index contributed by atoms with van der Waals surface area (Å²) in [6, 6.07) is 0. The van der Waals surface area contributed by atoms with Gasteiger partial charge in [-0.25, -0.2) is 9.98 Å². The zero-order chi connectivity index (χ0) is 16.7. The van der Waals surface area contributed by atoms with E-state index in [1.807, 2.05) is 0 Å². The van der Waals surface area contributed by atoms with Gasteiger partial charge in [0.05, 0.1) is 12.2 Å². The minimum absolute atomic E-state index is 0.485. The molecule has 5 nitrogen and oxygen atoms in total. The molecule has 1 fully saturated rings. The molecule has 1 aromatic rings. The molecular weight excluding hydrogens is 306 g/mol. The first-order valence-corrected chi connectivity index (χ1v) is 9.69. The average Bonchev–Trinajstić information content (AvgIpc) is 3.19. The number of rotatable bonds is 7. The van der Waals surface area contributed by atoms with E-state index < -0.39 is 0 Å². The van der Waals surface area contributed by atoms with E-state index in [-0.39, 0.29) is 0 Å². The van der Waals surface area contributed by atoms with Gasteiger partial charge in [-0.2, -0.15) is 0 Å². The van der Waals surface area contributed by atoms with Crippen LogP contribution in [0.2, 0.25) is 0 Å². The summed E-state index contributed by atoms with van der Waals surface area (Å²) in [7, 11) is 0. The molecule has 0 saturated carbocycles. The zero-order valence-electron chi connectivity index (χ0n) is 14.9. The van der Waals surface area contributed by atoms with Crippen molar-refractivity contribution in [3.05, 3.63) is 16.1 Å². The lowest BCUT2D eigenvalue weighted by molar-refractivity contribution is 0.342. The van der Waals surface area contributed by atoms with Gasteiger partial charge in [-0.15, -0.1) is 11.3 Å². The molecule has 0 spiro atoms. The van der Waals surface area contributed by atoms with Crippen LogP contribution in [-0.2, 0) is 6.54 Å². The summed E-state index contributed by atoms with van der Waals surface area (Å²) in [5.41, 5.74) is 1.17. The fourth-order valence-electron chi connectivity index (χ4n) is 2.76. The van der Waals surface area contributed by atoms with Crippen LogP contribution in [-0.4, -0.2) is 48.6 Å². The molecule has 2 rings (SSSR count). The van der Waals surface area contributed by atoms with Crippen molar-refractivity contribution in [2.75, 3.05) is 32.7 Å². The average molecular weight is 338 g/mol. The van der Waals surface area contributed by atoms with Gasteiger partial charge in [0.2, 0.25) is 0 Å². The van der Waals surface area contributed by atoms with Crippen molar-refractivity contribution in [3.63, 3.8) is 0 Å². The van der Waals surface area contributed by atoms with Crippen LogP contribution >= 0.6 is 11.3 Å². The van der Waals surface area contributed by atoms with Crippen LogP contribution in [0.1, 0.15) is 50.7 Å². The number of hydrogen-bond acceptors (Lipinski definition) is 4. The zero-order valence-corrected chi connectivity index (χ0v) is 15.7. The lowest BCUT2D eigenvalue weighted by Gasteiger charge is -2.16. The Morgan fingerprint density at radius 3 is 2.87 bits per heavy atom. The lowest BCUT2D eigenvalue weighted by Crippen LogP contribution is -2.40. The highest BCUT2D eigenvalue weighted by atomic mass is 32.1. The Labute approximate surface area is 144 Å². The number of nitrogens with one attached hydrogen (secondary N) is 2. The minimum Gasteiger partial charge on any atom is -0.357 e. The summed E-state index contributed by atoms with van der Waals surface area (Å²) in [6.07, 6.45) is 1.28. The van der Waals surface area contributed by atoms with Crippen LogP contribution < -0.4 is 10.6 Å². The number of likely N-dealkylation sites (tertiary alicyclic amines) is 1. The first kappa shape index (κ1) is 18.2. The Morgan fingerprint density at radius 1 is 1.43 bits per heavy atom. The van der Waals surface area contributed by atoms with Crippen LogP contribution in [0.4, 0.5) is 0 Å². The van der Waals surface area contributed by atoms with Crippen molar-refractivity contribution in [1.82, 2.24) is 20.5 Å². The van der Waals surface area contributed by atoms with Gasteiger partial charge >= 0.3 is 0 Å². The highest BCUT2D eigenvalue weighted by Gasteiger charge is 2.20. The molecule has 1 aliphatic rings. The smallest absolute Gasteiger partial charge is 0.191 e. The summed E-state index contributed by atoms with van der Waals surface area (Å²) >= 11 is 1.70. The van der Waals surface area contributed by atoms with Crippen LogP contribution in [0.5, 0.6) is 0 Å². The van der Waals surface area contributed by atoms with Gasteiger partial charge in [0.1, 0.15) is 5.01 Å². The van der Waals surface area contributed by atoms with Crippen LogP contribution in [0.3, 0.4) is 0 Å². The molecule has 2 N–H and O–H groups in total. The summed E-state index contributed by atoms with van der Waals surface area (Å²) in [5.74, 6) is 2.12. The first-order chi connectivity index (χ1) is 11.1. The van der Waals surface area contributed by atoms with Gasteiger partial charge in [-0.3, -0.25) is 0 Å². The van der Waals surface area contributed by atoms with E-state index in [1.165, 1.54) is 25.2 Å². The molecule has 1 aliphatic heterocycles. The molecule has 1 atom stereocenters. The Morgan fingerprint density at radius 2 is 2.26 bits per heavy atom. The monoisotopic (exact) mass is 337 g/mol. The third-order valence-corrected chi connectivity index (χ3v) is 5.10. The highest BCUT2D eigenvalue weighted by molar-refractivity contribution is 7.09. The maximum atomic E-state index is 4.69. The van der Waals surface area contributed by atoms with Crippen LogP contribution in [0, 0.1) is 5.92 Å². The standard InChI is InChI=1S/C17H31N5S/c1-5-18-17(19-9-14-7-8-22(6-2)11-14)20-10-16-21-15(12-23-16)13(3)4/h12-14H,5-11H2,1-4H3,(H2,18,19,20). The van der Waals surface area contributed by atoms with Gasteiger partial charge < -0.3 is 15.5 Å². The SMILES string of the molecule is CCNC(=NCc1nc(C(C)C)cs1)NCC1CCN(CC)C1. The van der Waals surface area contributed by atoms with Crippen molar-refractivity contribution in [1.29, 1.82) is 0 Å². The Balaban J connectivity index is 1.84. The van der Waals surface area contributed by atoms with Crippen LogP contribution in [0.25, 0.3) is 0 Å². The predicted molar refractivity (Wildman–Crippen MR) is 99.2 cm³/mol. The van der Waals surface area contributed by atoms with Gasteiger partial charge in [0, 0.05) is 25.0 Å². The third kappa shape index (κ3) is 5.77.